The fourth-order valence-electron chi connectivity index (χ4n) is 1.56. The molecule has 0 aromatic carbocycles. The molecule has 1 fully saturated rings. The molecule has 4 nitrogen and oxygen atoms in total. The van der Waals surface area contributed by atoms with E-state index in [-0.39, 0.29) is 12.4 Å². The maximum absolute atomic E-state index is 5.20. The van der Waals surface area contributed by atoms with Crippen LogP contribution in [0.2, 0.25) is 0 Å². The van der Waals surface area contributed by atoms with Crippen molar-refractivity contribution >= 4 is 39.7 Å². The van der Waals surface area contributed by atoms with Crippen molar-refractivity contribution in [2.75, 3.05) is 6.54 Å². The number of hydrogen-bond donors (Lipinski definition) is 1. The summed E-state index contributed by atoms with van der Waals surface area (Å²) >= 11 is 5.02. The molecule has 0 bridgehead atoms. The van der Waals surface area contributed by atoms with Gasteiger partial charge in [-0.3, -0.25) is 0 Å². The third-order valence-corrected chi connectivity index (χ3v) is 4.35. The minimum absolute atomic E-state index is 0. The van der Waals surface area contributed by atoms with Crippen molar-refractivity contribution in [2.45, 2.75) is 19.4 Å². The first-order valence-corrected chi connectivity index (χ1v) is 7.26. The third kappa shape index (κ3) is 3.54. The Balaban J connectivity index is 0.00000120. The Bertz CT molecular complexity index is 512. The van der Waals surface area contributed by atoms with Crippen LogP contribution in [0.4, 0.5) is 0 Å². The van der Waals surface area contributed by atoms with E-state index in [1.165, 1.54) is 12.8 Å². The Morgan fingerprint density at radius 2 is 2.33 bits per heavy atom. The minimum atomic E-state index is 0. The van der Waals surface area contributed by atoms with Crippen molar-refractivity contribution in [1.82, 2.24) is 15.5 Å². The summed E-state index contributed by atoms with van der Waals surface area (Å²) in [5.41, 5.74) is 0. The van der Waals surface area contributed by atoms with Crippen molar-refractivity contribution in [3.05, 3.63) is 21.8 Å². The van der Waals surface area contributed by atoms with E-state index in [0.717, 1.165) is 21.8 Å². The Morgan fingerprint density at radius 1 is 1.50 bits per heavy atom. The summed E-state index contributed by atoms with van der Waals surface area (Å²) in [6, 6.07) is 2.00. The molecular formula is C11H13BrClN3OS. The van der Waals surface area contributed by atoms with Crippen molar-refractivity contribution in [3.8, 4) is 10.7 Å². The third-order valence-electron chi connectivity index (χ3n) is 2.66. The molecule has 0 unspecified atom stereocenters. The van der Waals surface area contributed by atoms with Gasteiger partial charge in [0.1, 0.15) is 0 Å². The second kappa shape index (κ2) is 6.14. The van der Waals surface area contributed by atoms with E-state index in [0.29, 0.717) is 18.3 Å². The number of hydrogen-bond acceptors (Lipinski definition) is 5. The van der Waals surface area contributed by atoms with Crippen molar-refractivity contribution in [2.24, 2.45) is 5.92 Å². The average molecular weight is 351 g/mol. The summed E-state index contributed by atoms with van der Waals surface area (Å²) in [6.07, 6.45) is 2.70. The molecule has 1 aliphatic rings. The van der Waals surface area contributed by atoms with E-state index >= 15 is 0 Å². The largest absolute Gasteiger partial charge is 0.338 e. The topological polar surface area (TPSA) is 51.0 Å². The van der Waals surface area contributed by atoms with Gasteiger partial charge in [-0.25, -0.2) is 0 Å². The Morgan fingerprint density at radius 3 is 3.00 bits per heavy atom. The molecule has 2 heterocycles. The summed E-state index contributed by atoms with van der Waals surface area (Å²) < 4.78 is 6.25. The predicted molar refractivity (Wildman–Crippen MR) is 77.0 cm³/mol. The van der Waals surface area contributed by atoms with Crippen LogP contribution in [0, 0.1) is 5.92 Å². The maximum atomic E-state index is 5.20. The minimum Gasteiger partial charge on any atom is -0.338 e. The smallest absolute Gasteiger partial charge is 0.240 e. The van der Waals surface area contributed by atoms with Crippen molar-refractivity contribution in [3.63, 3.8) is 0 Å². The van der Waals surface area contributed by atoms with Gasteiger partial charge in [0.2, 0.25) is 11.7 Å². The Kier molecular flexibility index (Phi) is 4.77. The van der Waals surface area contributed by atoms with Gasteiger partial charge in [0.15, 0.2) is 0 Å². The number of thiophene rings is 1. The molecule has 1 N–H and O–H groups in total. The van der Waals surface area contributed by atoms with Crippen LogP contribution in [-0.4, -0.2) is 16.7 Å². The van der Waals surface area contributed by atoms with Crippen molar-refractivity contribution in [1.29, 1.82) is 0 Å². The van der Waals surface area contributed by atoms with Gasteiger partial charge in [0.05, 0.1) is 11.4 Å². The van der Waals surface area contributed by atoms with Crippen LogP contribution in [0.5, 0.6) is 0 Å². The molecule has 0 saturated heterocycles. The molecule has 1 saturated carbocycles. The number of rotatable bonds is 5. The molecule has 3 rings (SSSR count). The SMILES string of the molecule is Brc1csc(-c2noc(CNCC3CC3)n2)c1.Cl. The number of halogens is 2. The van der Waals surface area contributed by atoms with Gasteiger partial charge in [-0.15, -0.1) is 23.7 Å². The zero-order chi connectivity index (χ0) is 11.7. The van der Waals surface area contributed by atoms with Crippen LogP contribution in [0.3, 0.4) is 0 Å². The van der Waals surface area contributed by atoms with E-state index in [2.05, 4.69) is 31.4 Å². The quantitative estimate of drug-likeness (QED) is 0.897. The first-order valence-electron chi connectivity index (χ1n) is 5.59. The fourth-order valence-corrected chi connectivity index (χ4v) is 2.91. The van der Waals surface area contributed by atoms with Crippen molar-refractivity contribution < 1.29 is 4.52 Å². The normalized spacial score (nSPS) is 14.5. The standard InChI is InChI=1S/C11H12BrN3OS.ClH/c12-8-3-9(17-6-8)11-14-10(16-15-11)5-13-4-7-1-2-7;/h3,6-7,13H,1-2,4-5H2;1H. The first-order chi connectivity index (χ1) is 8.31. The lowest BCUT2D eigenvalue weighted by Gasteiger charge is -1.96. The summed E-state index contributed by atoms with van der Waals surface area (Å²) in [5.74, 6) is 2.19. The van der Waals surface area contributed by atoms with Gasteiger partial charge in [0, 0.05) is 9.85 Å². The van der Waals surface area contributed by atoms with Gasteiger partial charge >= 0.3 is 0 Å². The van der Waals surface area contributed by atoms with Crippen LogP contribution < -0.4 is 5.32 Å². The van der Waals surface area contributed by atoms with Crippen LogP contribution in [-0.2, 0) is 6.54 Å². The van der Waals surface area contributed by atoms with Gasteiger partial charge < -0.3 is 9.84 Å². The molecule has 98 valence electrons. The highest BCUT2D eigenvalue weighted by Crippen LogP contribution is 2.28. The molecule has 0 spiro atoms. The van der Waals surface area contributed by atoms with E-state index < -0.39 is 0 Å². The molecule has 2 aromatic rings. The molecule has 0 radical (unpaired) electrons. The van der Waals surface area contributed by atoms with E-state index in [1.54, 1.807) is 11.3 Å². The second-order valence-corrected chi connectivity index (χ2v) is 6.04. The highest BCUT2D eigenvalue weighted by Gasteiger charge is 2.20. The molecule has 7 heteroatoms. The maximum Gasteiger partial charge on any atom is 0.240 e. The second-order valence-electron chi connectivity index (χ2n) is 4.22. The fraction of sp³-hybridized carbons (Fsp3) is 0.455. The highest BCUT2D eigenvalue weighted by atomic mass is 79.9. The molecule has 1 aliphatic carbocycles. The first kappa shape index (κ1) is 14.0. The van der Waals surface area contributed by atoms with Crippen LogP contribution in [0.1, 0.15) is 18.7 Å². The lowest BCUT2D eigenvalue weighted by atomic mass is 10.4. The number of nitrogens with zero attached hydrogens (tertiary/aromatic N) is 2. The molecule has 18 heavy (non-hydrogen) atoms. The number of aromatic nitrogens is 2. The number of nitrogens with one attached hydrogen (secondary N) is 1. The highest BCUT2D eigenvalue weighted by molar-refractivity contribution is 9.10. The molecule has 2 aromatic heterocycles. The van der Waals surface area contributed by atoms with Gasteiger partial charge in [-0.05, 0) is 47.3 Å². The zero-order valence-corrected chi connectivity index (χ0v) is 12.8. The monoisotopic (exact) mass is 349 g/mol. The van der Waals surface area contributed by atoms with E-state index in [9.17, 15) is 0 Å². The Hall–Kier alpha value is -0.430. The van der Waals surface area contributed by atoms with E-state index in [4.69, 9.17) is 4.52 Å². The van der Waals surface area contributed by atoms with E-state index in [1.807, 2.05) is 11.4 Å². The van der Waals surface area contributed by atoms with Crippen LogP contribution >= 0.6 is 39.7 Å². The summed E-state index contributed by atoms with van der Waals surface area (Å²) in [5, 5.41) is 9.32. The van der Waals surface area contributed by atoms with Gasteiger partial charge in [-0.2, -0.15) is 4.98 Å². The van der Waals surface area contributed by atoms with Crippen LogP contribution in [0.25, 0.3) is 10.7 Å². The average Bonchev–Trinajstić information content (AvgIpc) is 2.85. The summed E-state index contributed by atoms with van der Waals surface area (Å²) in [4.78, 5) is 5.38. The van der Waals surface area contributed by atoms with Gasteiger partial charge in [-0.1, -0.05) is 5.16 Å². The zero-order valence-electron chi connectivity index (χ0n) is 9.56. The lowest BCUT2D eigenvalue weighted by molar-refractivity contribution is 0.367. The molecule has 0 atom stereocenters. The summed E-state index contributed by atoms with van der Waals surface area (Å²) in [7, 11) is 0. The molecule has 0 amide bonds. The lowest BCUT2D eigenvalue weighted by Crippen LogP contribution is -2.16. The molecule has 0 aliphatic heterocycles. The Labute approximate surface area is 124 Å². The van der Waals surface area contributed by atoms with Crippen LogP contribution in [0.15, 0.2) is 20.4 Å². The van der Waals surface area contributed by atoms with Gasteiger partial charge in [0.25, 0.3) is 0 Å². The molecular weight excluding hydrogens is 338 g/mol. The predicted octanol–water partition coefficient (Wildman–Crippen LogP) is 3.48. The summed E-state index contributed by atoms with van der Waals surface area (Å²) in [6.45, 7) is 1.72.